The predicted molar refractivity (Wildman–Crippen MR) is 62.0 cm³/mol. The maximum atomic E-state index is 11.8. The van der Waals surface area contributed by atoms with Gasteiger partial charge in [-0.25, -0.2) is 9.78 Å². The lowest BCUT2D eigenvalue weighted by molar-refractivity contribution is -0.140. The fourth-order valence-corrected chi connectivity index (χ4v) is 1.69. The summed E-state index contributed by atoms with van der Waals surface area (Å²) in [6.07, 6.45) is 3.31. The van der Waals surface area contributed by atoms with Gasteiger partial charge in [-0.2, -0.15) is 0 Å². The maximum absolute atomic E-state index is 11.8. The molecule has 17 heavy (non-hydrogen) atoms. The number of amides is 1. The van der Waals surface area contributed by atoms with Crippen molar-refractivity contribution in [1.29, 1.82) is 0 Å². The SMILES string of the molecule is CSc1ncccc1C(=O)NC(CO)C(=O)O. The van der Waals surface area contributed by atoms with Crippen LogP contribution in [-0.4, -0.2) is 46.0 Å². The standard InChI is InChI=1S/C10H12N2O4S/c1-17-9-6(3-2-4-11-9)8(14)12-7(5-13)10(15)16/h2-4,7,13H,5H2,1H3,(H,12,14)(H,15,16). The lowest BCUT2D eigenvalue weighted by Crippen LogP contribution is -2.43. The minimum absolute atomic E-state index is 0.291. The second kappa shape index (κ2) is 6.21. The fourth-order valence-electron chi connectivity index (χ4n) is 1.15. The van der Waals surface area contributed by atoms with Gasteiger partial charge in [0, 0.05) is 6.20 Å². The van der Waals surface area contributed by atoms with E-state index in [0.29, 0.717) is 10.6 Å². The number of aliphatic hydroxyl groups is 1. The van der Waals surface area contributed by atoms with Crippen LogP contribution in [0, 0.1) is 0 Å². The summed E-state index contributed by atoms with van der Waals surface area (Å²) in [6, 6.07) is 1.82. The van der Waals surface area contributed by atoms with E-state index in [1.165, 1.54) is 11.8 Å². The molecule has 0 saturated heterocycles. The van der Waals surface area contributed by atoms with Gasteiger partial charge >= 0.3 is 5.97 Å². The van der Waals surface area contributed by atoms with Gasteiger partial charge in [0.2, 0.25) is 0 Å². The third-order valence-corrected chi connectivity index (χ3v) is 2.71. The molecule has 0 aliphatic heterocycles. The molecule has 1 rings (SSSR count). The third kappa shape index (κ3) is 3.43. The van der Waals surface area contributed by atoms with Crippen molar-refractivity contribution in [3.63, 3.8) is 0 Å². The lowest BCUT2D eigenvalue weighted by Gasteiger charge is -2.12. The fraction of sp³-hybridized carbons (Fsp3) is 0.300. The van der Waals surface area contributed by atoms with Crippen molar-refractivity contribution in [2.24, 2.45) is 0 Å². The number of rotatable bonds is 5. The molecule has 92 valence electrons. The van der Waals surface area contributed by atoms with E-state index in [1.807, 2.05) is 0 Å². The van der Waals surface area contributed by atoms with Crippen LogP contribution in [0.5, 0.6) is 0 Å². The molecular weight excluding hydrogens is 244 g/mol. The van der Waals surface area contributed by atoms with E-state index in [1.54, 1.807) is 24.6 Å². The van der Waals surface area contributed by atoms with Gasteiger partial charge < -0.3 is 15.5 Å². The van der Waals surface area contributed by atoms with Crippen LogP contribution in [0.3, 0.4) is 0 Å². The molecule has 3 N–H and O–H groups in total. The first-order valence-electron chi connectivity index (χ1n) is 4.73. The summed E-state index contributed by atoms with van der Waals surface area (Å²) in [7, 11) is 0. The molecule has 0 radical (unpaired) electrons. The number of aliphatic carboxylic acids is 1. The van der Waals surface area contributed by atoms with Gasteiger partial charge in [0.1, 0.15) is 5.03 Å². The monoisotopic (exact) mass is 256 g/mol. The molecule has 0 spiro atoms. The van der Waals surface area contributed by atoms with Gasteiger partial charge in [-0.15, -0.1) is 11.8 Å². The number of carbonyl (C=O) groups excluding carboxylic acids is 1. The van der Waals surface area contributed by atoms with Crippen molar-refractivity contribution in [3.05, 3.63) is 23.9 Å². The highest BCUT2D eigenvalue weighted by molar-refractivity contribution is 7.98. The van der Waals surface area contributed by atoms with Crippen LogP contribution in [-0.2, 0) is 4.79 Å². The second-order valence-corrected chi connectivity index (χ2v) is 3.90. The Morgan fingerprint density at radius 3 is 2.82 bits per heavy atom. The van der Waals surface area contributed by atoms with Gasteiger partial charge in [-0.05, 0) is 18.4 Å². The van der Waals surface area contributed by atoms with Gasteiger partial charge in [-0.1, -0.05) is 0 Å². The highest BCUT2D eigenvalue weighted by Gasteiger charge is 2.21. The Labute approximate surface area is 102 Å². The molecule has 0 aliphatic rings. The van der Waals surface area contributed by atoms with Crippen LogP contribution in [0.4, 0.5) is 0 Å². The van der Waals surface area contributed by atoms with E-state index in [-0.39, 0.29) is 0 Å². The molecular formula is C10H12N2O4S. The number of aliphatic hydroxyl groups excluding tert-OH is 1. The van der Waals surface area contributed by atoms with Crippen molar-refractivity contribution < 1.29 is 19.8 Å². The predicted octanol–water partition coefficient (Wildman–Crippen LogP) is -0.0212. The normalized spacial score (nSPS) is 11.9. The highest BCUT2D eigenvalue weighted by atomic mass is 32.2. The van der Waals surface area contributed by atoms with Gasteiger partial charge in [0.25, 0.3) is 5.91 Å². The molecule has 0 fully saturated rings. The van der Waals surface area contributed by atoms with Gasteiger partial charge in [0.05, 0.1) is 12.2 Å². The lowest BCUT2D eigenvalue weighted by atomic mass is 10.2. The summed E-state index contributed by atoms with van der Waals surface area (Å²) in [5.41, 5.74) is 0.291. The molecule has 6 nitrogen and oxygen atoms in total. The Kier molecular flexibility index (Phi) is 4.92. The van der Waals surface area contributed by atoms with Crippen molar-refractivity contribution in [1.82, 2.24) is 10.3 Å². The number of hydrogen-bond donors (Lipinski definition) is 3. The van der Waals surface area contributed by atoms with Gasteiger partial charge in [-0.3, -0.25) is 4.79 Å². The summed E-state index contributed by atoms with van der Waals surface area (Å²) in [5.74, 6) is -1.85. The Hall–Kier alpha value is -1.60. The Bertz CT molecular complexity index is 425. The smallest absolute Gasteiger partial charge is 0.328 e. The number of nitrogens with zero attached hydrogens (tertiary/aromatic N) is 1. The number of carboxylic acids is 1. The van der Waals surface area contributed by atoms with Crippen LogP contribution in [0.1, 0.15) is 10.4 Å². The summed E-state index contributed by atoms with van der Waals surface area (Å²) in [6.45, 7) is -0.657. The van der Waals surface area contributed by atoms with Crippen molar-refractivity contribution in [2.45, 2.75) is 11.1 Å². The maximum Gasteiger partial charge on any atom is 0.328 e. The quantitative estimate of drug-likeness (QED) is 0.640. The Morgan fingerprint density at radius 2 is 2.29 bits per heavy atom. The van der Waals surface area contributed by atoms with Crippen LogP contribution in [0.25, 0.3) is 0 Å². The molecule has 7 heteroatoms. The minimum Gasteiger partial charge on any atom is -0.480 e. The molecule has 0 bridgehead atoms. The van der Waals surface area contributed by atoms with Crippen LogP contribution < -0.4 is 5.32 Å². The number of pyridine rings is 1. The zero-order chi connectivity index (χ0) is 12.8. The summed E-state index contributed by atoms with van der Waals surface area (Å²) >= 11 is 1.28. The van der Waals surface area contributed by atoms with E-state index in [0.717, 1.165) is 0 Å². The molecule has 1 heterocycles. The zero-order valence-electron chi connectivity index (χ0n) is 9.08. The number of thioether (sulfide) groups is 1. The Balaban J connectivity index is 2.86. The second-order valence-electron chi connectivity index (χ2n) is 3.11. The Morgan fingerprint density at radius 1 is 1.59 bits per heavy atom. The number of hydrogen-bond acceptors (Lipinski definition) is 5. The zero-order valence-corrected chi connectivity index (χ0v) is 9.90. The molecule has 1 unspecified atom stereocenters. The average Bonchev–Trinajstić information content (AvgIpc) is 2.35. The van der Waals surface area contributed by atoms with E-state index < -0.39 is 24.5 Å². The topological polar surface area (TPSA) is 99.5 Å². The summed E-state index contributed by atoms with van der Waals surface area (Å²) in [5, 5.41) is 20.2. The van der Waals surface area contributed by atoms with Crippen molar-refractivity contribution in [2.75, 3.05) is 12.9 Å². The van der Waals surface area contributed by atoms with E-state index in [2.05, 4.69) is 10.3 Å². The van der Waals surface area contributed by atoms with Crippen LogP contribution in [0.2, 0.25) is 0 Å². The van der Waals surface area contributed by atoms with Crippen molar-refractivity contribution in [3.8, 4) is 0 Å². The van der Waals surface area contributed by atoms with E-state index >= 15 is 0 Å². The molecule has 0 aromatic carbocycles. The van der Waals surface area contributed by atoms with Crippen molar-refractivity contribution >= 4 is 23.6 Å². The largest absolute Gasteiger partial charge is 0.480 e. The first-order valence-corrected chi connectivity index (χ1v) is 5.96. The molecule has 1 atom stereocenters. The van der Waals surface area contributed by atoms with E-state index in [4.69, 9.17) is 10.2 Å². The first kappa shape index (κ1) is 13.5. The number of nitrogens with one attached hydrogen (secondary N) is 1. The van der Waals surface area contributed by atoms with Crippen LogP contribution in [0.15, 0.2) is 23.4 Å². The van der Waals surface area contributed by atoms with E-state index in [9.17, 15) is 9.59 Å². The van der Waals surface area contributed by atoms with Gasteiger partial charge in [0.15, 0.2) is 6.04 Å². The third-order valence-electron chi connectivity index (χ3n) is 2.00. The number of aromatic nitrogens is 1. The molecule has 0 saturated carbocycles. The molecule has 0 aliphatic carbocycles. The number of carbonyl (C=O) groups is 2. The average molecular weight is 256 g/mol. The molecule has 1 amide bonds. The summed E-state index contributed by atoms with van der Waals surface area (Å²) < 4.78 is 0. The summed E-state index contributed by atoms with van der Waals surface area (Å²) in [4.78, 5) is 26.4. The van der Waals surface area contributed by atoms with Crippen LogP contribution >= 0.6 is 11.8 Å². The molecule has 1 aromatic heterocycles. The number of carboxylic acid groups (broad SMARTS) is 1. The first-order chi connectivity index (χ1) is 8.10. The minimum atomic E-state index is -1.31. The highest BCUT2D eigenvalue weighted by Crippen LogP contribution is 2.16. The molecule has 1 aromatic rings.